The van der Waals surface area contributed by atoms with Crippen LogP contribution >= 0.6 is 24.0 Å². The molecule has 0 saturated carbocycles. The lowest BCUT2D eigenvalue weighted by Gasteiger charge is -2.17. The second-order valence-corrected chi connectivity index (χ2v) is 16.4. The Morgan fingerprint density at radius 1 is 0.625 bits per heavy atom. The molecule has 0 aliphatic heterocycles. The van der Waals surface area contributed by atoms with E-state index in [1.54, 1.807) is 11.3 Å². The van der Waals surface area contributed by atoms with Crippen LogP contribution in [-0.4, -0.2) is 61.9 Å². The molecule has 13 heteroatoms. The van der Waals surface area contributed by atoms with Crippen molar-refractivity contribution < 1.29 is 38.0 Å². The first kappa shape index (κ1) is 49.2. The maximum atomic E-state index is 11.2. The minimum Gasteiger partial charge on any atom is -0.494 e. The van der Waals surface area contributed by atoms with Crippen LogP contribution in [0.25, 0.3) is 10.2 Å². The van der Waals surface area contributed by atoms with Crippen LogP contribution in [0.15, 0.2) is 121 Å². The summed E-state index contributed by atoms with van der Waals surface area (Å²) in [6.07, 6.45) is 14.7. The van der Waals surface area contributed by atoms with Gasteiger partial charge in [-0.25, -0.2) is 19.6 Å². The Labute approximate surface area is 387 Å². The van der Waals surface area contributed by atoms with Crippen LogP contribution < -0.4 is 24.0 Å². The van der Waals surface area contributed by atoms with Gasteiger partial charge in [-0.1, -0.05) is 67.3 Å². The molecule has 5 rings (SSSR count). The second kappa shape index (κ2) is 28.8. The number of hydrogen-bond donors (Lipinski definition) is 1. The highest BCUT2D eigenvalue weighted by Gasteiger charge is 2.13. The fourth-order valence-electron chi connectivity index (χ4n) is 6.35. The summed E-state index contributed by atoms with van der Waals surface area (Å²) in [5.74, 6) is 3.06. The van der Waals surface area contributed by atoms with Gasteiger partial charge in [0.15, 0.2) is 0 Å². The molecule has 1 heterocycles. The Bertz CT molecular complexity index is 2160. The number of rotatable bonds is 32. The number of carbonyl (C=O) groups excluding carboxylic acids is 2. The monoisotopic (exact) mass is 907 g/mol. The standard InChI is InChI=1S/C51H61N3O8S2/c1-3-49(55)59-33-15-7-5-13-31-57-43-24-20-40(21-25-43)38-61-45-28-29-47(62-39-41-22-26-44(27-23-41)58-32-14-6-8-16-34-60-50(56)4-2)42(36-45)37-52-54(30-12-9-17-35-63)51-53-46-18-10-11-19-48(46)64-51/h3-4,10-11,18-29,36-37,63H,1-2,5-9,12-17,30-35,38-39H2/b52-37+. The molecular formula is C51H61N3O8S2. The normalized spacial score (nSPS) is 11.0. The molecule has 0 fully saturated rings. The van der Waals surface area contributed by atoms with Gasteiger partial charge in [-0.05, 0) is 136 Å². The predicted octanol–water partition coefficient (Wildman–Crippen LogP) is 11.7. The van der Waals surface area contributed by atoms with Crippen molar-refractivity contribution in [2.75, 3.05) is 43.7 Å². The molecule has 0 unspecified atom stereocenters. The number of aromatic nitrogens is 1. The lowest BCUT2D eigenvalue weighted by molar-refractivity contribution is -0.138. The van der Waals surface area contributed by atoms with E-state index in [9.17, 15) is 9.59 Å². The number of anilines is 1. The molecule has 340 valence electrons. The number of benzene rings is 4. The van der Waals surface area contributed by atoms with Crippen molar-refractivity contribution in [3.8, 4) is 23.0 Å². The third-order valence-corrected chi connectivity index (χ3v) is 11.3. The smallest absolute Gasteiger partial charge is 0.330 e. The summed E-state index contributed by atoms with van der Waals surface area (Å²) in [6, 6.07) is 29.9. The van der Waals surface area contributed by atoms with Crippen LogP contribution in [0.4, 0.5) is 5.13 Å². The number of thiazole rings is 1. The van der Waals surface area contributed by atoms with E-state index in [1.165, 1.54) is 12.2 Å². The van der Waals surface area contributed by atoms with Crippen LogP contribution in [0.2, 0.25) is 0 Å². The number of carbonyl (C=O) groups is 2. The molecule has 0 aliphatic carbocycles. The van der Waals surface area contributed by atoms with E-state index in [1.807, 2.05) is 96.2 Å². The van der Waals surface area contributed by atoms with E-state index in [2.05, 4.69) is 31.9 Å². The maximum absolute atomic E-state index is 11.2. The van der Waals surface area contributed by atoms with Gasteiger partial charge in [0.25, 0.3) is 0 Å². The van der Waals surface area contributed by atoms with Crippen molar-refractivity contribution in [1.82, 2.24) is 4.98 Å². The molecule has 64 heavy (non-hydrogen) atoms. The highest BCUT2D eigenvalue weighted by molar-refractivity contribution is 7.80. The number of fused-ring (bicyclic) bond motifs is 1. The third-order valence-electron chi connectivity index (χ3n) is 9.93. The predicted molar refractivity (Wildman–Crippen MR) is 260 cm³/mol. The van der Waals surface area contributed by atoms with E-state index < -0.39 is 0 Å². The van der Waals surface area contributed by atoms with E-state index >= 15 is 0 Å². The van der Waals surface area contributed by atoms with Crippen LogP contribution in [0.3, 0.4) is 0 Å². The van der Waals surface area contributed by atoms with Gasteiger partial charge in [0, 0.05) is 24.3 Å². The zero-order valence-corrected chi connectivity index (χ0v) is 38.4. The molecule has 0 saturated heterocycles. The Morgan fingerprint density at radius 3 is 1.75 bits per heavy atom. The quantitative estimate of drug-likeness (QED) is 0.0112. The number of esters is 2. The van der Waals surface area contributed by atoms with Crippen LogP contribution in [0.1, 0.15) is 87.3 Å². The van der Waals surface area contributed by atoms with Crippen molar-refractivity contribution in [1.29, 1.82) is 0 Å². The van der Waals surface area contributed by atoms with E-state index in [4.69, 9.17) is 38.5 Å². The minimum atomic E-state index is -0.381. The molecule has 4 aromatic carbocycles. The maximum Gasteiger partial charge on any atom is 0.330 e. The number of ether oxygens (including phenoxy) is 6. The summed E-state index contributed by atoms with van der Waals surface area (Å²) in [5, 5.41) is 7.82. The molecule has 0 radical (unpaired) electrons. The second-order valence-electron chi connectivity index (χ2n) is 14.9. The molecule has 0 atom stereocenters. The Morgan fingerprint density at radius 2 is 1.17 bits per heavy atom. The molecule has 0 spiro atoms. The van der Waals surface area contributed by atoms with Crippen molar-refractivity contribution in [2.45, 2.75) is 83.8 Å². The first-order valence-corrected chi connectivity index (χ1v) is 23.6. The van der Waals surface area contributed by atoms with Gasteiger partial charge in [0.05, 0.1) is 42.9 Å². The third kappa shape index (κ3) is 18.1. The number of unbranched alkanes of at least 4 members (excludes halogenated alkanes) is 8. The average molecular weight is 908 g/mol. The number of thiol groups is 1. The summed E-state index contributed by atoms with van der Waals surface area (Å²) in [4.78, 5) is 27.2. The molecule has 1 aromatic heterocycles. The van der Waals surface area contributed by atoms with Gasteiger partial charge in [0.1, 0.15) is 36.2 Å². The number of hydrogen-bond acceptors (Lipinski definition) is 13. The van der Waals surface area contributed by atoms with Crippen molar-refractivity contribution >= 4 is 57.5 Å². The largest absolute Gasteiger partial charge is 0.494 e. The number of hydrazone groups is 1. The number of para-hydroxylation sites is 1. The molecule has 0 N–H and O–H groups in total. The van der Waals surface area contributed by atoms with Gasteiger partial charge in [0.2, 0.25) is 5.13 Å². The highest BCUT2D eigenvalue weighted by Crippen LogP contribution is 2.30. The lowest BCUT2D eigenvalue weighted by Crippen LogP contribution is -2.18. The van der Waals surface area contributed by atoms with Crippen LogP contribution in [0, 0.1) is 0 Å². The Kier molecular flexibility index (Phi) is 22.2. The van der Waals surface area contributed by atoms with Gasteiger partial charge in [-0.3, -0.25) is 0 Å². The zero-order valence-electron chi connectivity index (χ0n) is 36.7. The molecule has 0 bridgehead atoms. The van der Waals surface area contributed by atoms with Crippen molar-refractivity contribution in [3.63, 3.8) is 0 Å². The molecule has 11 nitrogen and oxygen atoms in total. The van der Waals surface area contributed by atoms with Gasteiger partial charge >= 0.3 is 11.9 Å². The highest BCUT2D eigenvalue weighted by atomic mass is 32.1. The summed E-state index contributed by atoms with van der Waals surface area (Å²) < 4.78 is 35.8. The lowest BCUT2D eigenvalue weighted by atomic mass is 10.2. The molecule has 0 amide bonds. The summed E-state index contributed by atoms with van der Waals surface area (Å²) in [7, 11) is 0. The minimum absolute atomic E-state index is 0.352. The van der Waals surface area contributed by atoms with E-state index in [0.717, 1.165) is 120 Å². The number of nitrogens with zero attached hydrogens (tertiary/aromatic N) is 3. The summed E-state index contributed by atoms with van der Waals surface area (Å²) >= 11 is 6.03. The fraction of sp³-hybridized carbons (Fsp3) is 0.373. The topological polar surface area (TPSA) is 118 Å². The SMILES string of the molecule is C=CC(=O)OCCCCCCOc1ccc(COc2ccc(OCc3ccc(OCCCCCCOC(=O)C=C)cc3)c(/C=N/N(CCCCCS)c3nc4ccccc4s3)c2)cc1. The Hall–Kier alpha value is -5.79. The first-order chi connectivity index (χ1) is 31.4. The van der Waals surface area contributed by atoms with Gasteiger partial charge in [-0.2, -0.15) is 17.7 Å². The summed E-state index contributed by atoms with van der Waals surface area (Å²) in [6.45, 7) is 10.3. The first-order valence-electron chi connectivity index (χ1n) is 22.1. The zero-order chi connectivity index (χ0) is 45.0. The molecule has 0 aliphatic rings. The summed E-state index contributed by atoms with van der Waals surface area (Å²) in [5.41, 5.74) is 3.74. The van der Waals surface area contributed by atoms with E-state index in [0.29, 0.717) is 57.7 Å². The molecular weight excluding hydrogens is 847 g/mol. The van der Waals surface area contributed by atoms with Crippen LogP contribution in [0.5, 0.6) is 23.0 Å². The van der Waals surface area contributed by atoms with Crippen molar-refractivity contribution in [3.05, 3.63) is 133 Å². The Balaban J connectivity index is 1.19. The fourth-order valence-corrected chi connectivity index (χ4v) is 7.53. The van der Waals surface area contributed by atoms with Gasteiger partial charge < -0.3 is 28.4 Å². The van der Waals surface area contributed by atoms with Gasteiger partial charge in [-0.15, -0.1) is 0 Å². The van der Waals surface area contributed by atoms with Crippen LogP contribution in [-0.2, 0) is 32.3 Å². The average Bonchev–Trinajstić information content (AvgIpc) is 3.77. The molecule has 5 aromatic rings. The van der Waals surface area contributed by atoms with Crippen molar-refractivity contribution in [2.24, 2.45) is 5.10 Å². The van der Waals surface area contributed by atoms with E-state index in [-0.39, 0.29) is 11.9 Å².